The van der Waals surface area contributed by atoms with E-state index in [-0.39, 0.29) is 5.91 Å². The second kappa shape index (κ2) is 8.46. The van der Waals surface area contributed by atoms with E-state index >= 15 is 0 Å². The van der Waals surface area contributed by atoms with Gasteiger partial charge in [0.25, 0.3) is 5.91 Å². The van der Waals surface area contributed by atoms with Gasteiger partial charge in [-0.2, -0.15) is 0 Å². The highest BCUT2D eigenvalue weighted by molar-refractivity contribution is 6.32. The van der Waals surface area contributed by atoms with Gasteiger partial charge in [-0.1, -0.05) is 59.6 Å². The lowest BCUT2D eigenvalue weighted by atomic mass is 10.1. The van der Waals surface area contributed by atoms with E-state index in [9.17, 15) is 4.79 Å². The molecule has 0 saturated heterocycles. The number of amides is 1. The fourth-order valence-corrected chi connectivity index (χ4v) is 4.06. The highest BCUT2D eigenvalue weighted by Gasteiger charge is 2.37. The quantitative estimate of drug-likeness (QED) is 0.525. The van der Waals surface area contributed by atoms with Gasteiger partial charge in [0.1, 0.15) is 17.7 Å². The summed E-state index contributed by atoms with van der Waals surface area (Å²) in [6.07, 6.45) is -0.414. The number of ether oxygens (including phenoxy) is 2. The van der Waals surface area contributed by atoms with E-state index in [0.29, 0.717) is 39.3 Å². The zero-order valence-electron chi connectivity index (χ0n) is 16.5. The van der Waals surface area contributed by atoms with E-state index in [2.05, 4.69) is 5.32 Å². The molecule has 0 radical (unpaired) electrons. The van der Waals surface area contributed by atoms with Gasteiger partial charge in [-0.05, 0) is 23.8 Å². The molecule has 1 atom stereocenters. The summed E-state index contributed by atoms with van der Waals surface area (Å²) in [6, 6.07) is 18.5. The molecule has 1 heterocycles. The summed E-state index contributed by atoms with van der Waals surface area (Å²) < 4.78 is 10.8. The van der Waals surface area contributed by atoms with Crippen LogP contribution in [0.1, 0.15) is 27.7 Å². The van der Waals surface area contributed by atoms with Crippen LogP contribution in [0.25, 0.3) is 0 Å². The van der Waals surface area contributed by atoms with Crippen LogP contribution in [-0.4, -0.2) is 25.0 Å². The predicted molar refractivity (Wildman–Crippen MR) is 119 cm³/mol. The molecule has 0 aromatic heterocycles. The predicted octanol–water partition coefficient (Wildman–Crippen LogP) is 5.78. The summed E-state index contributed by atoms with van der Waals surface area (Å²) >= 11 is 12.7. The number of nitrogens with zero attached hydrogens (tertiary/aromatic N) is 1. The van der Waals surface area contributed by atoms with Gasteiger partial charge in [-0.15, -0.1) is 0 Å². The number of nitrogens with one attached hydrogen (secondary N) is 1. The Kier molecular flexibility index (Phi) is 5.75. The average molecular weight is 443 g/mol. The third-order valence-corrected chi connectivity index (χ3v) is 5.79. The van der Waals surface area contributed by atoms with Crippen molar-refractivity contribution in [3.05, 3.63) is 87.4 Å². The van der Waals surface area contributed by atoms with Crippen molar-refractivity contribution in [2.75, 3.05) is 19.5 Å². The normalized spacial score (nSPS) is 15.1. The van der Waals surface area contributed by atoms with Crippen molar-refractivity contribution in [3.63, 3.8) is 0 Å². The van der Waals surface area contributed by atoms with Gasteiger partial charge in [-0.25, -0.2) is 0 Å². The molecule has 5 nitrogen and oxygen atoms in total. The third-order valence-electron chi connectivity index (χ3n) is 5.12. The van der Waals surface area contributed by atoms with Crippen LogP contribution in [-0.2, 0) is 6.54 Å². The molecular formula is C23H20Cl2N2O3. The molecule has 1 unspecified atom stereocenters. The first-order valence-electron chi connectivity index (χ1n) is 9.35. The number of hydrogen-bond donors (Lipinski definition) is 1. The minimum atomic E-state index is -0.414. The molecular weight excluding hydrogens is 423 g/mol. The van der Waals surface area contributed by atoms with Gasteiger partial charge >= 0.3 is 0 Å². The maximum Gasteiger partial charge on any atom is 0.256 e. The summed E-state index contributed by atoms with van der Waals surface area (Å²) in [5.74, 6) is 1.00. The average Bonchev–Trinajstić information content (AvgIpc) is 3.01. The fraction of sp³-hybridized carbons (Fsp3) is 0.174. The van der Waals surface area contributed by atoms with E-state index in [1.807, 2.05) is 48.5 Å². The smallest absolute Gasteiger partial charge is 0.256 e. The Balaban J connectivity index is 1.74. The Hall–Kier alpha value is -2.89. The number of halogens is 2. The van der Waals surface area contributed by atoms with Gasteiger partial charge in [0, 0.05) is 28.8 Å². The number of anilines is 1. The SMILES string of the molecule is COc1cc(OC)c(NC2c3ccccc3C(=O)N2Cc2ccccc2Cl)cc1Cl. The van der Waals surface area contributed by atoms with Crippen LogP contribution in [0, 0.1) is 0 Å². The maximum absolute atomic E-state index is 13.2. The van der Waals surface area contributed by atoms with Crippen LogP contribution < -0.4 is 14.8 Å². The van der Waals surface area contributed by atoms with Gasteiger partial charge in [0.2, 0.25) is 0 Å². The molecule has 154 valence electrons. The van der Waals surface area contributed by atoms with Gasteiger partial charge in [-0.3, -0.25) is 4.79 Å². The van der Waals surface area contributed by atoms with Crippen LogP contribution in [0.2, 0.25) is 10.0 Å². The molecule has 3 aromatic carbocycles. The minimum absolute atomic E-state index is 0.0680. The monoisotopic (exact) mass is 442 g/mol. The number of fused-ring (bicyclic) bond motifs is 1. The van der Waals surface area contributed by atoms with Crippen molar-refractivity contribution >= 4 is 34.8 Å². The number of carbonyl (C=O) groups excluding carboxylic acids is 1. The molecule has 1 N–H and O–H groups in total. The summed E-state index contributed by atoms with van der Waals surface area (Å²) in [6.45, 7) is 0.358. The van der Waals surface area contributed by atoms with Crippen molar-refractivity contribution in [2.24, 2.45) is 0 Å². The summed E-state index contributed by atoms with van der Waals surface area (Å²) in [4.78, 5) is 15.0. The molecule has 0 aliphatic carbocycles. The molecule has 1 aliphatic heterocycles. The van der Waals surface area contributed by atoms with Crippen LogP contribution in [0.15, 0.2) is 60.7 Å². The maximum atomic E-state index is 13.2. The van der Waals surface area contributed by atoms with E-state index in [1.54, 1.807) is 31.3 Å². The van der Waals surface area contributed by atoms with Crippen LogP contribution in [0.5, 0.6) is 11.5 Å². The second-order valence-electron chi connectivity index (χ2n) is 6.85. The lowest BCUT2D eigenvalue weighted by Crippen LogP contribution is -2.32. The summed E-state index contributed by atoms with van der Waals surface area (Å²) in [7, 11) is 3.12. The Morgan fingerprint density at radius 1 is 0.933 bits per heavy atom. The number of carbonyl (C=O) groups is 1. The first kappa shape index (κ1) is 20.4. The van der Waals surface area contributed by atoms with Gasteiger partial charge in [0.15, 0.2) is 0 Å². The largest absolute Gasteiger partial charge is 0.495 e. The van der Waals surface area contributed by atoms with Crippen molar-refractivity contribution < 1.29 is 14.3 Å². The molecule has 0 bridgehead atoms. The molecule has 1 aliphatic rings. The lowest BCUT2D eigenvalue weighted by Gasteiger charge is -2.28. The standard InChI is InChI=1S/C23H20Cl2N2O3/c1-29-20-12-21(30-2)19(11-18(20)25)26-22-15-8-4-5-9-16(15)23(28)27(22)13-14-7-3-6-10-17(14)24/h3-12,22,26H,13H2,1-2H3. The number of methoxy groups -OCH3 is 2. The first-order valence-corrected chi connectivity index (χ1v) is 10.1. The van der Waals surface area contributed by atoms with Crippen LogP contribution in [0.3, 0.4) is 0 Å². The van der Waals surface area contributed by atoms with Gasteiger partial charge < -0.3 is 19.7 Å². The summed E-state index contributed by atoms with van der Waals surface area (Å²) in [5, 5.41) is 4.48. The highest BCUT2D eigenvalue weighted by atomic mass is 35.5. The second-order valence-corrected chi connectivity index (χ2v) is 7.66. The van der Waals surface area contributed by atoms with Crippen molar-refractivity contribution in [1.29, 1.82) is 0 Å². The van der Waals surface area contributed by atoms with Crippen molar-refractivity contribution in [1.82, 2.24) is 4.90 Å². The molecule has 0 fully saturated rings. The first-order chi connectivity index (χ1) is 14.5. The fourth-order valence-electron chi connectivity index (χ4n) is 3.62. The highest BCUT2D eigenvalue weighted by Crippen LogP contribution is 2.41. The summed E-state index contributed by atoms with van der Waals surface area (Å²) in [5.41, 5.74) is 3.05. The minimum Gasteiger partial charge on any atom is -0.495 e. The molecule has 7 heteroatoms. The third kappa shape index (κ3) is 3.66. The van der Waals surface area contributed by atoms with Crippen LogP contribution >= 0.6 is 23.2 Å². The van der Waals surface area contributed by atoms with E-state index in [4.69, 9.17) is 32.7 Å². The molecule has 0 spiro atoms. The zero-order chi connectivity index (χ0) is 21.3. The molecule has 3 aromatic rings. The zero-order valence-corrected chi connectivity index (χ0v) is 18.0. The topological polar surface area (TPSA) is 50.8 Å². The molecule has 1 amide bonds. The van der Waals surface area contributed by atoms with Crippen molar-refractivity contribution in [2.45, 2.75) is 12.7 Å². The molecule has 4 rings (SSSR count). The number of benzene rings is 3. The van der Waals surface area contributed by atoms with E-state index < -0.39 is 6.17 Å². The van der Waals surface area contributed by atoms with E-state index in [1.165, 1.54) is 0 Å². The van der Waals surface area contributed by atoms with Crippen LogP contribution in [0.4, 0.5) is 5.69 Å². The Labute approximate surface area is 185 Å². The van der Waals surface area contributed by atoms with Crippen molar-refractivity contribution in [3.8, 4) is 11.5 Å². The van der Waals surface area contributed by atoms with Gasteiger partial charge in [0.05, 0.1) is 24.9 Å². The Bertz CT molecular complexity index is 1100. The Morgan fingerprint density at radius 2 is 1.63 bits per heavy atom. The van der Waals surface area contributed by atoms with E-state index in [0.717, 1.165) is 11.1 Å². The molecule has 30 heavy (non-hydrogen) atoms. The molecule has 0 saturated carbocycles. The lowest BCUT2D eigenvalue weighted by molar-refractivity contribution is 0.0728. The number of rotatable bonds is 6. The Morgan fingerprint density at radius 3 is 2.37 bits per heavy atom. The number of hydrogen-bond acceptors (Lipinski definition) is 4.